The highest BCUT2D eigenvalue weighted by atomic mass is 16.1. The number of carbonyl (C=O) groups is 2. The molecule has 0 amide bonds. The summed E-state index contributed by atoms with van der Waals surface area (Å²) in [7, 11) is 0. The molecule has 0 N–H and O–H groups in total. The van der Waals surface area contributed by atoms with Crippen molar-refractivity contribution in [3.8, 4) is 0 Å². The monoisotopic (exact) mass is 310 g/mol. The molecule has 2 fully saturated rings. The Morgan fingerprint density at radius 2 is 2.00 bits per heavy atom. The molecule has 2 heteroatoms. The van der Waals surface area contributed by atoms with Crippen molar-refractivity contribution < 1.29 is 9.59 Å². The molecule has 0 heterocycles. The first-order valence-corrected chi connectivity index (χ1v) is 9.02. The Morgan fingerprint density at radius 1 is 1.22 bits per heavy atom. The van der Waals surface area contributed by atoms with Gasteiger partial charge < -0.3 is 0 Å². The van der Waals surface area contributed by atoms with Crippen molar-refractivity contribution in [2.75, 3.05) is 0 Å². The molecule has 4 aliphatic carbocycles. The molecule has 0 aromatic heterocycles. The van der Waals surface area contributed by atoms with Crippen LogP contribution >= 0.6 is 0 Å². The predicted molar refractivity (Wildman–Crippen MR) is 90.8 cm³/mol. The van der Waals surface area contributed by atoms with Crippen molar-refractivity contribution in [2.24, 2.45) is 28.6 Å². The molecule has 0 unspecified atom stereocenters. The smallest absolute Gasteiger partial charge is 0.178 e. The SMILES string of the molecule is CC(=O)C1=CC[C@H]2[C@@H]3CCC4=CC(=O)C=C[C@]4(C)[C@H]3CC[C@]12C. The van der Waals surface area contributed by atoms with E-state index in [0.717, 1.165) is 31.3 Å². The largest absolute Gasteiger partial charge is 0.295 e. The minimum absolute atomic E-state index is 0.0527. The van der Waals surface area contributed by atoms with Crippen LogP contribution in [0.3, 0.4) is 0 Å². The van der Waals surface area contributed by atoms with E-state index < -0.39 is 0 Å². The highest BCUT2D eigenvalue weighted by Crippen LogP contribution is 2.64. The van der Waals surface area contributed by atoms with E-state index in [1.807, 2.05) is 6.08 Å². The van der Waals surface area contributed by atoms with Crippen LogP contribution in [0.25, 0.3) is 0 Å². The fraction of sp³-hybridized carbons (Fsp3) is 0.619. The number of carbonyl (C=O) groups excluding carboxylic acids is 2. The third-order valence-corrected chi connectivity index (χ3v) is 7.52. The summed E-state index contributed by atoms with van der Waals surface area (Å²) < 4.78 is 0. The van der Waals surface area contributed by atoms with Gasteiger partial charge in [0.2, 0.25) is 0 Å². The van der Waals surface area contributed by atoms with Gasteiger partial charge in [-0.15, -0.1) is 0 Å². The van der Waals surface area contributed by atoms with Gasteiger partial charge in [0, 0.05) is 5.41 Å². The first-order chi connectivity index (χ1) is 10.9. The standard InChI is InChI=1S/C21H26O2/c1-13(22)17-6-7-18-16-5-4-14-12-15(23)8-10-20(14,2)19(16)9-11-21(17,18)3/h6,8,10,12,16,18-19H,4-5,7,9,11H2,1-3H3/t16-,18-,19-,20-,21+/m0/s1. The van der Waals surface area contributed by atoms with Crippen molar-refractivity contribution in [1.82, 2.24) is 0 Å². The molecule has 0 radical (unpaired) electrons. The van der Waals surface area contributed by atoms with Crippen LogP contribution in [0.5, 0.6) is 0 Å². The summed E-state index contributed by atoms with van der Waals surface area (Å²) in [6, 6.07) is 0. The van der Waals surface area contributed by atoms with E-state index in [2.05, 4.69) is 26.0 Å². The Kier molecular flexibility index (Phi) is 3.14. The third-order valence-electron chi connectivity index (χ3n) is 7.52. The fourth-order valence-corrected chi connectivity index (χ4v) is 6.31. The minimum Gasteiger partial charge on any atom is -0.295 e. The number of allylic oxidation sites excluding steroid dienone is 6. The van der Waals surface area contributed by atoms with Gasteiger partial charge in [-0.25, -0.2) is 0 Å². The molecule has 2 saturated carbocycles. The average molecular weight is 310 g/mol. The Labute approximate surface area is 138 Å². The van der Waals surface area contributed by atoms with Crippen LogP contribution in [0.1, 0.15) is 52.9 Å². The van der Waals surface area contributed by atoms with Gasteiger partial charge >= 0.3 is 0 Å². The lowest BCUT2D eigenvalue weighted by atomic mass is 9.47. The second-order valence-corrected chi connectivity index (χ2v) is 8.47. The Bertz CT molecular complexity index is 680. The van der Waals surface area contributed by atoms with Crippen molar-refractivity contribution in [2.45, 2.75) is 52.9 Å². The van der Waals surface area contributed by atoms with Gasteiger partial charge in [-0.1, -0.05) is 31.6 Å². The maximum absolute atomic E-state index is 12.1. The average Bonchev–Trinajstić information content (AvgIpc) is 2.85. The molecule has 0 spiro atoms. The lowest BCUT2D eigenvalue weighted by Crippen LogP contribution is -2.49. The van der Waals surface area contributed by atoms with E-state index >= 15 is 0 Å². The number of fused-ring (bicyclic) bond motifs is 5. The number of hydrogen-bond donors (Lipinski definition) is 0. The summed E-state index contributed by atoms with van der Waals surface area (Å²) in [5, 5.41) is 0. The van der Waals surface area contributed by atoms with Crippen LogP contribution in [-0.4, -0.2) is 11.6 Å². The van der Waals surface area contributed by atoms with Crippen LogP contribution in [0.15, 0.2) is 35.5 Å². The molecule has 0 aromatic carbocycles. The zero-order valence-corrected chi connectivity index (χ0v) is 14.4. The van der Waals surface area contributed by atoms with Crippen molar-refractivity contribution in [3.05, 3.63) is 35.5 Å². The molecule has 0 saturated heterocycles. The molecular weight excluding hydrogens is 284 g/mol. The summed E-state index contributed by atoms with van der Waals surface area (Å²) in [5.74, 6) is 2.30. The second kappa shape index (κ2) is 4.78. The topological polar surface area (TPSA) is 34.1 Å². The van der Waals surface area contributed by atoms with Crippen LogP contribution < -0.4 is 0 Å². The van der Waals surface area contributed by atoms with Gasteiger partial charge in [-0.2, -0.15) is 0 Å². The molecule has 0 bridgehead atoms. The zero-order valence-electron chi connectivity index (χ0n) is 14.4. The normalized spacial score (nSPS) is 44.8. The van der Waals surface area contributed by atoms with Crippen LogP contribution in [0.2, 0.25) is 0 Å². The van der Waals surface area contributed by atoms with E-state index in [9.17, 15) is 9.59 Å². The van der Waals surface area contributed by atoms with Gasteiger partial charge in [0.25, 0.3) is 0 Å². The first-order valence-electron chi connectivity index (χ1n) is 9.02. The summed E-state index contributed by atoms with van der Waals surface area (Å²) in [5.41, 5.74) is 2.56. The quantitative estimate of drug-likeness (QED) is 0.718. The molecule has 0 aliphatic heterocycles. The van der Waals surface area contributed by atoms with Crippen molar-refractivity contribution >= 4 is 11.6 Å². The molecule has 0 aromatic rings. The Hall–Kier alpha value is -1.44. The molecular formula is C21H26O2. The van der Waals surface area contributed by atoms with Gasteiger partial charge in [-0.05, 0) is 79.9 Å². The summed E-state index contributed by atoms with van der Waals surface area (Å²) in [6.07, 6.45) is 13.6. The molecule has 5 atom stereocenters. The van der Waals surface area contributed by atoms with E-state index in [1.165, 1.54) is 12.0 Å². The third kappa shape index (κ3) is 1.93. The van der Waals surface area contributed by atoms with Crippen LogP contribution in [0.4, 0.5) is 0 Å². The molecule has 23 heavy (non-hydrogen) atoms. The highest BCUT2D eigenvalue weighted by molar-refractivity contribution is 6.01. The minimum atomic E-state index is 0.0527. The Morgan fingerprint density at radius 3 is 2.74 bits per heavy atom. The first kappa shape index (κ1) is 15.1. The fourth-order valence-electron chi connectivity index (χ4n) is 6.31. The molecule has 122 valence electrons. The van der Waals surface area contributed by atoms with Gasteiger partial charge in [0.05, 0.1) is 0 Å². The van der Waals surface area contributed by atoms with E-state index in [4.69, 9.17) is 0 Å². The number of Topliss-reactive ketones (excluding diaryl/α,β-unsaturated/α-hetero) is 1. The lowest BCUT2D eigenvalue weighted by molar-refractivity contribution is -0.116. The molecule has 4 rings (SSSR count). The van der Waals surface area contributed by atoms with Crippen molar-refractivity contribution in [1.29, 1.82) is 0 Å². The zero-order chi connectivity index (χ0) is 16.4. The van der Waals surface area contributed by atoms with Crippen LogP contribution in [0, 0.1) is 28.6 Å². The van der Waals surface area contributed by atoms with Crippen molar-refractivity contribution in [3.63, 3.8) is 0 Å². The van der Waals surface area contributed by atoms with E-state index in [0.29, 0.717) is 17.8 Å². The summed E-state index contributed by atoms with van der Waals surface area (Å²) in [4.78, 5) is 23.8. The molecule has 4 aliphatic rings. The predicted octanol–water partition coefficient (Wildman–Crippen LogP) is 4.42. The lowest BCUT2D eigenvalue weighted by Gasteiger charge is -2.56. The van der Waals surface area contributed by atoms with E-state index in [-0.39, 0.29) is 22.4 Å². The van der Waals surface area contributed by atoms with Gasteiger partial charge in [0.15, 0.2) is 11.6 Å². The van der Waals surface area contributed by atoms with Crippen LogP contribution in [-0.2, 0) is 9.59 Å². The number of rotatable bonds is 1. The Balaban J connectivity index is 1.69. The summed E-state index contributed by atoms with van der Waals surface area (Å²) >= 11 is 0. The maximum atomic E-state index is 12.1. The maximum Gasteiger partial charge on any atom is 0.178 e. The van der Waals surface area contributed by atoms with Gasteiger partial charge in [0.1, 0.15) is 0 Å². The van der Waals surface area contributed by atoms with E-state index in [1.54, 1.807) is 13.0 Å². The second-order valence-electron chi connectivity index (χ2n) is 8.47. The summed E-state index contributed by atoms with van der Waals surface area (Å²) in [6.45, 7) is 6.38. The van der Waals surface area contributed by atoms with Gasteiger partial charge in [-0.3, -0.25) is 9.59 Å². The number of hydrogen-bond acceptors (Lipinski definition) is 2. The number of ketones is 2. The molecule has 2 nitrogen and oxygen atoms in total. The highest BCUT2D eigenvalue weighted by Gasteiger charge is 2.56.